The van der Waals surface area contributed by atoms with Crippen molar-refractivity contribution in [2.75, 3.05) is 19.7 Å². The lowest BCUT2D eigenvalue weighted by molar-refractivity contribution is -0.200. The summed E-state index contributed by atoms with van der Waals surface area (Å²) >= 11 is 0. The van der Waals surface area contributed by atoms with Crippen LogP contribution < -0.4 is 0 Å². The largest absolute Gasteiger partial charge is 0.373 e. The van der Waals surface area contributed by atoms with E-state index in [0.29, 0.717) is 6.61 Å². The van der Waals surface area contributed by atoms with Crippen LogP contribution in [0.1, 0.15) is 29.7 Å². The Bertz CT molecular complexity index is 701. The minimum Gasteiger partial charge on any atom is -0.373 e. The van der Waals surface area contributed by atoms with Crippen LogP contribution in [0.2, 0.25) is 0 Å². The maximum atomic E-state index is 6.16. The number of likely N-dealkylation sites (tertiary alicyclic amines) is 1. The monoisotopic (exact) mass is 339 g/mol. The molecule has 5 nitrogen and oxygen atoms in total. The standard InChI is InChI=1S/C20H25N3O2/c1-16-8-17(11-21-10-16)13-24-19-5-7-25-20(9-19)14-23(15-20)12-18-4-2-3-6-22-18/h2-4,6,8,10-11,19H,5,7,9,12-15H2,1H3. The third-order valence-electron chi connectivity index (χ3n) is 5.00. The first-order valence-electron chi connectivity index (χ1n) is 8.99. The van der Waals surface area contributed by atoms with Crippen molar-refractivity contribution in [2.45, 2.75) is 44.6 Å². The average Bonchev–Trinajstić information content (AvgIpc) is 2.60. The predicted molar refractivity (Wildman–Crippen MR) is 95.0 cm³/mol. The molecule has 4 heterocycles. The first-order chi connectivity index (χ1) is 12.2. The molecule has 1 atom stereocenters. The van der Waals surface area contributed by atoms with E-state index >= 15 is 0 Å². The van der Waals surface area contributed by atoms with Crippen LogP contribution >= 0.6 is 0 Å². The molecule has 0 bridgehead atoms. The Balaban J connectivity index is 1.27. The molecule has 25 heavy (non-hydrogen) atoms. The first-order valence-corrected chi connectivity index (χ1v) is 8.99. The maximum Gasteiger partial charge on any atom is 0.0959 e. The van der Waals surface area contributed by atoms with Crippen molar-refractivity contribution in [2.24, 2.45) is 0 Å². The number of rotatable bonds is 5. The Hall–Kier alpha value is -1.82. The highest BCUT2D eigenvalue weighted by atomic mass is 16.5. The fourth-order valence-corrected chi connectivity index (χ4v) is 3.86. The number of aryl methyl sites for hydroxylation is 1. The molecule has 1 unspecified atom stereocenters. The lowest BCUT2D eigenvalue weighted by Crippen LogP contribution is -2.65. The summed E-state index contributed by atoms with van der Waals surface area (Å²) in [6.45, 7) is 6.31. The van der Waals surface area contributed by atoms with Gasteiger partial charge in [0.15, 0.2) is 0 Å². The molecule has 0 amide bonds. The maximum absolute atomic E-state index is 6.16. The quantitative estimate of drug-likeness (QED) is 0.838. The lowest BCUT2D eigenvalue weighted by atomic mass is 9.84. The van der Waals surface area contributed by atoms with E-state index in [1.165, 1.54) is 5.56 Å². The zero-order valence-electron chi connectivity index (χ0n) is 14.7. The van der Waals surface area contributed by atoms with Crippen molar-refractivity contribution >= 4 is 0 Å². The number of hydrogen-bond acceptors (Lipinski definition) is 5. The molecule has 0 saturated carbocycles. The highest BCUT2D eigenvalue weighted by Crippen LogP contribution is 2.36. The van der Waals surface area contributed by atoms with E-state index in [1.807, 2.05) is 30.7 Å². The van der Waals surface area contributed by atoms with Gasteiger partial charge < -0.3 is 9.47 Å². The van der Waals surface area contributed by atoms with E-state index in [2.05, 4.69) is 33.9 Å². The van der Waals surface area contributed by atoms with Gasteiger partial charge in [0, 0.05) is 51.3 Å². The van der Waals surface area contributed by atoms with Crippen molar-refractivity contribution in [3.8, 4) is 0 Å². The smallest absolute Gasteiger partial charge is 0.0959 e. The van der Waals surface area contributed by atoms with Gasteiger partial charge in [0.2, 0.25) is 0 Å². The summed E-state index contributed by atoms with van der Waals surface area (Å²) in [6.07, 6.45) is 7.83. The SMILES string of the molecule is Cc1cncc(COC2CCOC3(C2)CN(Cc2ccccn2)C3)c1. The third-order valence-corrected chi connectivity index (χ3v) is 5.00. The van der Waals surface area contributed by atoms with Gasteiger partial charge in [0.1, 0.15) is 0 Å². The molecule has 2 saturated heterocycles. The van der Waals surface area contributed by atoms with Crippen LogP contribution in [0.3, 0.4) is 0 Å². The second-order valence-corrected chi connectivity index (χ2v) is 7.29. The van der Waals surface area contributed by atoms with Gasteiger partial charge in [-0.3, -0.25) is 14.9 Å². The Morgan fingerprint density at radius 2 is 2.24 bits per heavy atom. The summed E-state index contributed by atoms with van der Waals surface area (Å²) < 4.78 is 12.3. The van der Waals surface area contributed by atoms with Crippen LogP contribution in [-0.4, -0.2) is 46.3 Å². The molecule has 132 valence electrons. The molecule has 1 spiro atoms. The van der Waals surface area contributed by atoms with E-state index in [-0.39, 0.29) is 11.7 Å². The predicted octanol–water partition coefficient (Wildman–Crippen LogP) is 2.74. The van der Waals surface area contributed by atoms with E-state index < -0.39 is 0 Å². The topological polar surface area (TPSA) is 47.5 Å². The molecular weight excluding hydrogens is 314 g/mol. The van der Waals surface area contributed by atoms with E-state index in [4.69, 9.17) is 9.47 Å². The van der Waals surface area contributed by atoms with Crippen molar-refractivity contribution in [3.05, 3.63) is 59.7 Å². The van der Waals surface area contributed by atoms with Crippen molar-refractivity contribution in [3.63, 3.8) is 0 Å². The molecule has 0 radical (unpaired) electrons. The van der Waals surface area contributed by atoms with Crippen LogP contribution in [0.5, 0.6) is 0 Å². The van der Waals surface area contributed by atoms with Gasteiger partial charge in [-0.25, -0.2) is 0 Å². The number of aromatic nitrogens is 2. The molecule has 5 heteroatoms. The van der Waals surface area contributed by atoms with Gasteiger partial charge in [-0.15, -0.1) is 0 Å². The normalized spacial score (nSPS) is 22.7. The van der Waals surface area contributed by atoms with Gasteiger partial charge in [-0.2, -0.15) is 0 Å². The highest BCUT2D eigenvalue weighted by molar-refractivity contribution is 5.15. The summed E-state index contributed by atoms with van der Waals surface area (Å²) in [6, 6.07) is 8.21. The number of pyridine rings is 2. The summed E-state index contributed by atoms with van der Waals surface area (Å²) in [5, 5.41) is 0. The minimum absolute atomic E-state index is 0.0252. The number of nitrogens with zero attached hydrogens (tertiary/aromatic N) is 3. The number of ether oxygens (including phenoxy) is 2. The van der Waals surface area contributed by atoms with Crippen molar-refractivity contribution < 1.29 is 9.47 Å². The van der Waals surface area contributed by atoms with Gasteiger partial charge in [0.05, 0.1) is 24.0 Å². The van der Waals surface area contributed by atoms with E-state index in [9.17, 15) is 0 Å². The first kappa shape index (κ1) is 16.6. The molecule has 0 aliphatic carbocycles. The Morgan fingerprint density at radius 1 is 1.32 bits per heavy atom. The van der Waals surface area contributed by atoms with Crippen molar-refractivity contribution in [1.82, 2.24) is 14.9 Å². The van der Waals surface area contributed by atoms with Crippen molar-refractivity contribution in [1.29, 1.82) is 0 Å². The minimum atomic E-state index is -0.0252. The van der Waals surface area contributed by atoms with Crippen LogP contribution in [0.15, 0.2) is 42.9 Å². The van der Waals surface area contributed by atoms with Gasteiger partial charge in [0.25, 0.3) is 0 Å². The second-order valence-electron chi connectivity index (χ2n) is 7.29. The van der Waals surface area contributed by atoms with Gasteiger partial charge in [-0.05, 0) is 36.6 Å². The van der Waals surface area contributed by atoms with Crippen LogP contribution in [0, 0.1) is 6.92 Å². The van der Waals surface area contributed by atoms with Crippen LogP contribution in [0.4, 0.5) is 0 Å². The molecular formula is C20H25N3O2. The zero-order valence-corrected chi connectivity index (χ0v) is 14.7. The zero-order chi connectivity index (χ0) is 17.1. The molecule has 2 fully saturated rings. The fraction of sp³-hybridized carbons (Fsp3) is 0.500. The summed E-state index contributed by atoms with van der Waals surface area (Å²) in [7, 11) is 0. The average molecular weight is 339 g/mol. The van der Waals surface area contributed by atoms with Crippen LogP contribution in [0.25, 0.3) is 0 Å². The second kappa shape index (κ2) is 7.20. The molecule has 2 aliphatic rings. The Morgan fingerprint density at radius 3 is 3.04 bits per heavy atom. The number of hydrogen-bond donors (Lipinski definition) is 0. The molecule has 0 aromatic carbocycles. The van der Waals surface area contributed by atoms with Gasteiger partial charge >= 0.3 is 0 Å². The third kappa shape index (κ3) is 4.06. The Kier molecular flexibility index (Phi) is 4.79. The molecule has 2 aromatic heterocycles. The highest BCUT2D eigenvalue weighted by Gasteiger charge is 2.47. The summed E-state index contributed by atoms with van der Waals surface area (Å²) in [5.41, 5.74) is 3.41. The molecule has 0 N–H and O–H groups in total. The van der Waals surface area contributed by atoms with E-state index in [1.54, 1.807) is 0 Å². The lowest BCUT2D eigenvalue weighted by Gasteiger charge is -2.53. The molecule has 2 aromatic rings. The van der Waals surface area contributed by atoms with E-state index in [0.717, 1.165) is 50.3 Å². The van der Waals surface area contributed by atoms with Crippen LogP contribution in [-0.2, 0) is 22.6 Å². The molecule has 2 aliphatic heterocycles. The summed E-state index contributed by atoms with van der Waals surface area (Å²) in [4.78, 5) is 11.0. The Labute approximate surface area is 149 Å². The fourth-order valence-electron chi connectivity index (χ4n) is 3.86. The molecule has 4 rings (SSSR count). The summed E-state index contributed by atoms with van der Waals surface area (Å²) in [5.74, 6) is 0. The van der Waals surface area contributed by atoms with Gasteiger partial charge in [-0.1, -0.05) is 12.1 Å².